The second kappa shape index (κ2) is 5.77. The molecule has 0 spiro atoms. The number of aryl methyl sites for hydroxylation is 2. The number of rotatable bonds is 2. The Balaban J connectivity index is 1.45. The Morgan fingerprint density at radius 3 is 2.71 bits per heavy atom. The fourth-order valence-electron chi connectivity index (χ4n) is 3.68. The molecule has 0 aromatic carbocycles. The first-order chi connectivity index (χ1) is 11.5. The van der Waals surface area contributed by atoms with Crippen molar-refractivity contribution in [3.63, 3.8) is 0 Å². The number of carbonyl (C=O) groups is 2. The van der Waals surface area contributed by atoms with E-state index in [9.17, 15) is 9.59 Å². The van der Waals surface area contributed by atoms with Crippen LogP contribution in [0.5, 0.6) is 0 Å². The number of amides is 3. The lowest BCUT2D eigenvalue weighted by molar-refractivity contribution is 0.0671. The van der Waals surface area contributed by atoms with E-state index in [1.165, 1.54) is 11.3 Å². The number of carbonyl (C=O) groups excluding carboxylic acids is 2. The van der Waals surface area contributed by atoms with Gasteiger partial charge in [-0.05, 0) is 25.8 Å². The van der Waals surface area contributed by atoms with Crippen molar-refractivity contribution in [1.82, 2.24) is 24.9 Å². The number of hydrogen-bond donors (Lipinski definition) is 1. The molecule has 2 aliphatic rings. The summed E-state index contributed by atoms with van der Waals surface area (Å²) in [6.07, 6.45) is 1.70. The molecule has 7 nitrogen and oxygen atoms in total. The van der Waals surface area contributed by atoms with Crippen molar-refractivity contribution < 1.29 is 9.59 Å². The highest BCUT2D eigenvalue weighted by Gasteiger charge is 2.32. The van der Waals surface area contributed by atoms with Gasteiger partial charge in [0, 0.05) is 44.7 Å². The summed E-state index contributed by atoms with van der Waals surface area (Å²) in [6, 6.07) is 2.25. The first kappa shape index (κ1) is 15.4. The van der Waals surface area contributed by atoms with Crippen LogP contribution in [0.15, 0.2) is 6.07 Å². The third kappa shape index (κ3) is 2.45. The van der Waals surface area contributed by atoms with Gasteiger partial charge in [0.05, 0.1) is 10.6 Å². The molecule has 0 saturated carbocycles. The zero-order chi connectivity index (χ0) is 16.8. The van der Waals surface area contributed by atoms with E-state index < -0.39 is 0 Å². The van der Waals surface area contributed by atoms with Gasteiger partial charge in [-0.2, -0.15) is 5.10 Å². The summed E-state index contributed by atoms with van der Waals surface area (Å²) in [5, 5.41) is 8.30. The van der Waals surface area contributed by atoms with Crippen molar-refractivity contribution in [2.45, 2.75) is 25.8 Å². The largest absolute Gasteiger partial charge is 0.338 e. The number of piperidine rings is 1. The molecular formula is C16H21N5O2S. The highest BCUT2D eigenvalue weighted by Crippen LogP contribution is 2.29. The second-order valence-electron chi connectivity index (χ2n) is 6.49. The number of urea groups is 1. The molecule has 4 heterocycles. The standard InChI is InChI=1S/C16H21N5O2S/c1-10-12-9-13(24-15(12)19(2)18-10)14(22)20-6-3-11(4-7-20)21-8-5-17-16(21)23/h9,11H,3-8H2,1-2H3,(H,17,23). The zero-order valence-corrected chi connectivity index (χ0v) is 14.7. The van der Waals surface area contributed by atoms with Crippen molar-refractivity contribution >= 4 is 33.5 Å². The van der Waals surface area contributed by atoms with Crippen LogP contribution in [0.2, 0.25) is 0 Å². The predicted molar refractivity (Wildman–Crippen MR) is 92.4 cm³/mol. The van der Waals surface area contributed by atoms with Crippen LogP contribution in [0.1, 0.15) is 28.2 Å². The lowest BCUT2D eigenvalue weighted by Gasteiger charge is -2.35. The van der Waals surface area contributed by atoms with E-state index >= 15 is 0 Å². The molecule has 1 N–H and O–H groups in total. The average molecular weight is 347 g/mol. The Bertz CT molecular complexity index is 768. The predicted octanol–water partition coefficient (Wildman–Crippen LogP) is 1.57. The van der Waals surface area contributed by atoms with E-state index in [1.54, 1.807) is 0 Å². The van der Waals surface area contributed by atoms with E-state index in [0.717, 1.165) is 46.7 Å². The zero-order valence-electron chi connectivity index (χ0n) is 13.9. The fourth-order valence-corrected chi connectivity index (χ4v) is 4.77. The Labute approximate surface area is 144 Å². The minimum atomic E-state index is 0.0345. The molecule has 8 heteroatoms. The van der Waals surface area contributed by atoms with Crippen LogP contribution >= 0.6 is 11.3 Å². The summed E-state index contributed by atoms with van der Waals surface area (Å²) in [5.41, 5.74) is 0.960. The third-order valence-electron chi connectivity index (χ3n) is 4.99. The fraction of sp³-hybridized carbons (Fsp3) is 0.562. The number of nitrogens with one attached hydrogen (secondary N) is 1. The molecule has 0 radical (unpaired) electrons. The van der Waals surface area contributed by atoms with Crippen LogP contribution in [0.3, 0.4) is 0 Å². The van der Waals surface area contributed by atoms with Crippen LogP contribution < -0.4 is 5.32 Å². The summed E-state index contributed by atoms with van der Waals surface area (Å²) in [4.78, 5) is 30.2. The molecule has 0 unspecified atom stereocenters. The van der Waals surface area contributed by atoms with Crippen LogP contribution in [-0.4, -0.2) is 63.7 Å². The van der Waals surface area contributed by atoms with Crippen molar-refractivity contribution in [2.75, 3.05) is 26.2 Å². The van der Waals surface area contributed by atoms with Crippen LogP contribution in [-0.2, 0) is 7.05 Å². The Morgan fingerprint density at radius 2 is 2.08 bits per heavy atom. The molecule has 3 amide bonds. The van der Waals surface area contributed by atoms with Crippen molar-refractivity contribution in [3.05, 3.63) is 16.6 Å². The lowest BCUT2D eigenvalue weighted by Crippen LogP contribution is -2.47. The van der Waals surface area contributed by atoms with E-state index in [0.29, 0.717) is 13.1 Å². The third-order valence-corrected chi connectivity index (χ3v) is 6.18. The summed E-state index contributed by atoms with van der Waals surface area (Å²) in [5.74, 6) is 0.0972. The Morgan fingerprint density at radius 1 is 1.33 bits per heavy atom. The summed E-state index contributed by atoms with van der Waals surface area (Å²) in [7, 11) is 1.91. The SMILES string of the molecule is Cc1nn(C)c2sc(C(=O)N3CCC(N4CCNC4=O)CC3)cc12. The number of nitrogens with zero attached hydrogens (tertiary/aromatic N) is 4. The molecular weight excluding hydrogens is 326 g/mol. The van der Waals surface area contributed by atoms with Gasteiger partial charge in [-0.3, -0.25) is 9.48 Å². The quantitative estimate of drug-likeness (QED) is 0.896. The number of fused-ring (bicyclic) bond motifs is 1. The number of thiophene rings is 1. The second-order valence-corrected chi connectivity index (χ2v) is 7.52. The minimum absolute atomic E-state index is 0.0345. The normalized spacial score (nSPS) is 19.3. The molecule has 2 aliphatic heterocycles. The van der Waals surface area contributed by atoms with Gasteiger partial charge in [0.2, 0.25) is 0 Å². The topological polar surface area (TPSA) is 70.5 Å². The van der Waals surface area contributed by atoms with Gasteiger partial charge in [-0.15, -0.1) is 11.3 Å². The van der Waals surface area contributed by atoms with Crippen LogP contribution in [0.25, 0.3) is 10.2 Å². The molecule has 2 aromatic heterocycles. The number of hydrogen-bond acceptors (Lipinski definition) is 4. The minimum Gasteiger partial charge on any atom is -0.338 e. The maximum absolute atomic E-state index is 12.8. The van der Waals surface area contributed by atoms with Gasteiger partial charge < -0.3 is 15.1 Å². The van der Waals surface area contributed by atoms with Gasteiger partial charge in [0.25, 0.3) is 5.91 Å². The van der Waals surface area contributed by atoms with E-state index in [4.69, 9.17) is 0 Å². The van der Waals surface area contributed by atoms with Gasteiger partial charge in [0.1, 0.15) is 4.83 Å². The highest BCUT2D eigenvalue weighted by atomic mass is 32.1. The molecule has 2 fully saturated rings. The van der Waals surface area contributed by atoms with Crippen molar-refractivity contribution in [2.24, 2.45) is 7.05 Å². The molecule has 0 atom stereocenters. The molecule has 4 rings (SSSR count). The Hall–Kier alpha value is -2.09. The number of aromatic nitrogens is 2. The molecule has 0 aliphatic carbocycles. The van der Waals surface area contributed by atoms with E-state index in [1.807, 2.05) is 34.5 Å². The van der Waals surface area contributed by atoms with E-state index in [-0.39, 0.29) is 18.0 Å². The van der Waals surface area contributed by atoms with Gasteiger partial charge in [-0.1, -0.05) is 0 Å². The van der Waals surface area contributed by atoms with Gasteiger partial charge >= 0.3 is 6.03 Å². The molecule has 2 saturated heterocycles. The number of likely N-dealkylation sites (tertiary alicyclic amines) is 1. The van der Waals surface area contributed by atoms with E-state index in [2.05, 4.69) is 10.4 Å². The van der Waals surface area contributed by atoms with Crippen molar-refractivity contribution in [3.8, 4) is 0 Å². The maximum Gasteiger partial charge on any atom is 0.317 e. The smallest absolute Gasteiger partial charge is 0.317 e. The van der Waals surface area contributed by atoms with Crippen molar-refractivity contribution in [1.29, 1.82) is 0 Å². The maximum atomic E-state index is 12.8. The lowest BCUT2D eigenvalue weighted by atomic mass is 10.0. The molecule has 128 valence electrons. The molecule has 0 bridgehead atoms. The summed E-state index contributed by atoms with van der Waals surface area (Å²) >= 11 is 1.51. The summed E-state index contributed by atoms with van der Waals surface area (Å²) in [6.45, 7) is 4.89. The average Bonchev–Trinajstić information content (AvgIpc) is 3.26. The first-order valence-electron chi connectivity index (χ1n) is 8.31. The Kier molecular flexibility index (Phi) is 3.71. The first-order valence-corrected chi connectivity index (χ1v) is 9.13. The molecule has 2 aromatic rings. The highest BCUT2D eigenvalue weighted by molar-refractivity contribution is 7.20. The van der Waals surface area contributed by atoms with Gasteiger partial charge in [-0.25, -0.2) is 4.79 Å². The molecule has 24 heavy (non-hydrogen) atoms. The summed E-state index contributed by atoms with van der Waals surface area (Å²) < 4.78 is 1.84. The van der Waals surface area contributed by atoms with Crippen LogP contribution in [0.4, 0.5) is 4.79 Å². The van der Waals surface area contributed by atoms with Gasteiger partial charge in [0.15, 0.2) is 0 Å². The van der Waals surface area contributed by atoms with Crippen LogP contribution in [0, 0.1) is 6.92 Å². The monoisotopic (exact) mass is 347 g/mol.